The molecule has 2 N–H and O–H groups in total. The van der Waals surface area contributed by atoms with Crippen molar-refractivity contribution >= 4 is 12.6 Å². The van der Waals surface area contributed by atoms with Crippen LogP contribution in [0.25, 0.3) is 0 Å². The van der Waals surface area contributed by atoms with Gasteiger partial charge >= 0.3 is 0 Å². The van der Waals surface area contributed by atoms with Crippen LogP contribution in [0, 0.1) is 10.8 Å². The largest absolute Gasteiger partial charge is 0.317 e. The molecule has 1 rings (SSSR count). The van der Waals surface area contributed by atoms with Crippen molar-refractivity contribution in [3.8, 4) is 0 Å². The lowest BCUT2D eigenvalue weighted by Crippen LogP contribution is -2.49. The Bertz CT molecular complexity index is 382. The SMILES string of the molecule is CC(N)(S)C(c1ccccc1)C(C)(C)C(C)(C)C. The molecule has 0 saturated carbocycles. The summed E-state index contributed by atoms with van der Waals surface area (Å²) in [5.74, 6) is 0.189. The molecule has 0 bridgehead atoms. The van der Waals surface area contributed by atoms with Crippen LogP contribution in [0.5, 0.6) is 0 Å². The fraction of sp³-hybridized carbons (Fsp3) is 0.625. The van der Waals surface area contributed by atoms with E-state index in [0.29, 0.717) is 0 Å². The maximum absolute atomic E-state index is 6.36. The van der Waals surface area contributed by atoms with Gasteiger partial charge in [-0.1, -0.05) is 65.0 Å². The fourth-order valence-electron chi connectivity index (χ4n) is 2.56. The molecule has 0 spiro atoms. The van der Waals surface area contributed by atoms with Gasteiger partial charge in [0.05, 0.1) is 4.87 Å². The number of nitrogens with two attached hydrogens (primary N) is 1. The molecule has 1 aromatic carbocycles. The molecule has 1 nitrogen and oxygen atoms in total. The van der Waals surface area contributed by atoms with Crippen LogP contribution in [0.4, 0.5) is 0 Å². The molecule has 2 unspecified atom stereocenters. The molecule has 0 amide bonds. The van der Waals surface area contributed by atoms with Gasteiger partial charge in [-0.05, 0) is 23.3 Å². The number of benzene rings is 1. The van der Waals surface area contributed by atoms with Gasteiger partial charge in [-0.3, -0.25) is 0 Å². The highest BCUT2D eigenvalue weighted by atomic mass is 32.1. The summed E-state index contributed by atoms with van der Waals surface area (Å²) in [6.45, 7) is 13.4. The van der Waals surface area contributed by atoms with E-state index in [2.05, 4.69) is 71.5 Å². The zero-order chi connectivity index (χ0) is 14.2. The van der Waals surface area contributed by atoms with Crippen LogP contribution < -0.4 is 5.73 Å². The van der Waals surface area contributed by atoms with E-state index in [1.54, 1.807) is 0 Å². The van der Waals surface area contributed by atoms with Crippen molar-refractivity contribution in [1.82, 2.24) is 0 Å². The van der Waals surface area contributed by atoms with E-state index in [4.69, 9.17) is 5.73 Å². The molecule has 0 heterocycles. The Balaban J connectivity index is 3.33. The van der Waals surface area contributed by atoms with Crippen molar-refractivity contribution in [2.24, 2.45) is 16.6 Å². The molecule has 102 valence electrons. The second kappa shape index (κ2) is 4.90. The van der Waals surface area contributed by atoms with Gasteiger partial charge in [0, 0.05) is 5.92 Å². The van der Waals surface area contributed by atoms with Gasteiger partial charge in [0.1, 0.15) is 0 Å². The Hall–Kier alpha value is -0.470. The van der Waals surface area contributed by atoms with E-state index in [9.17, 15) is 0 Å². The first kappa shape index (κ1) is 15.6. The number of thiol groups is 1. The Kier molecular flexibility index (Phi) is 4.24. The smallest absolute Gasteiger partial charge is 0.0636 e. The Morgan fingerprint density at radius 1 is 0.944 bits per heavy atom. The summed E-state index contributed by atoms with van der Waals surface area (Å²) in [4.78, 5) is -0.544. The van der Waals surface area contributed by atoms with Crippen molar-refractivity contribution in [3.05, 3.63) is 35.9 Å². The highest BCUT2D eigenvalue weighted by Crippen LogP contribution is 2.53. The highest BCUT2D eigenvalue weighted by Gasteiger charge is 2.46. The van der Waals surface area contributed by atoms with Crippen molar-refractivity contribution in [3.63, 3.8) is 0 Å². The van der Waals surface area contributed by atoms with Crippen LogP contribution in [-0.4, -0.2) is 4.87 Å². The van der Waals surface area contributed by atoms with Gasteiger partial charge in [0.25, 0.3) is 0 Å². The molecule has 0 fully saturated rings. The summed E-state index contributed by atoms with van der Waals surface area (Å²) in [6.07, 6.45) is 0. The van der Waals surface area contributed by atoms with Crippen molar-refractivity contribution in [2.75, 3.05) is 0 Å². The second-order valence-corrected chi connectivity index (χ2v) is 8.00. The minimum absolute atomic E-state index is 0.0413. The molecule has 1 aromatic rings. The molecular weight excluding hydrogens is 238 g/mol. The Morgan fingerprint density at radius 2 is 1.39 bits per heavy atom. The molecule has 0 saturated heterocycles. The molecular formula is C16H27NS. The van der Waals surface area contributed by atoms with Gasteiger partial charge in [0.15, 0.2) is 0 Å². The zero-order valence-electron chi connectivity index (χ0n) is 12.5. The number of rotatable bonds is 3. The standard InChI is InChI=1S/C16H27NS/c1-14(2,3)15(4,5)13(16(6,17)18)12-10-8-7-9-11-12/h7-11,13,18H,17H2,1-6H3. The van der Waals surface area contributed by atoms with E-state index in [-0.39, 0.29) is 16.7 Å². The minimum Gasteiger partial charge on any atom is -0.317 e. The normalized spacial score (nSPS) is 18.2. The summed E-state index contributed by atoms with van der Waals surface area (Å²) in [7, 11) is 0. The van der Waals surface area contributed by atoms with E-state index < -0.39 is 4.87 Å². The first-order valence-electron chi connectivity index (χ1n) is 6.54. The van der Waals surface area contributed by atoms with Crippen molar-refractivity contribution in [1.29, 1.82) is 0 Å². The monoisotopic (exact) mass is 265 g/mol. The molecule has 2 atom stereocenters. The molecule has 0 aromatic heterocycles. The number of hydrogen-bond donors (Lipinski definition) is 2. The summed E-state index contributed by atoms with van der Waals surface area (Å²) in [6, 6.07) is 10.5. The van der Waals surface area contributed by atoms with Crippen LogP contribution in [0.3, 0.4) is 0 Å². The summed E-state index contributed by atoms with van der Waals surface area (Å²) >= 11 is 4.66. The van der Waals surface area contributed by atoms with Crippen LogP contribution in [0.15, 0.2) is 30.3 Å². The zero-order valence-corrected chi connectivity index (χ0v) is 13.4. The van der Waals surface area contributed by atoms with Gasteiger partial charge in [-0.2, -0.15) is 12.6 Å². The Morgan fingerprint density at radius 3 is 1.72 bits per heavy atom. The predicted molar refractivity (Wildman–Crippen MR) is 84.0 cm³/mol. The van der Waals surface area contributed by atoms with E-state index in [0.717, 1.165) is 0 Å². The minimum atomic E-state index is -0.544. The third kappa shape index (κ3) is 3.10. The lowest BCUT2D eigenvalue weighted by atomic mass is 9.58. The topological polar surface area (TPSA) is 26.0 Å². The van der Waals surface area contributed by atoms with E-state index in [1.807, 2.05) is 13.0 Å². The molecule has 18 heavy (non-hydrogen) atoms. The Labute approximate surface area is 118 Å². The van der Waals surface area contributed by atoms with Gasteiger partial charge in [0.2, 0.25) is 0 Å². The predicted octanol–water partition coefficient (Wildman–Crippen LogP) is 4.45. The van der Waals surface area contributed by atoms with Crippen molar-refractivity contribution < 1.29 is 0 Å². The summed E-state index contributed by atoms with van der Waals surface area (Å²) in [5.41, 5.74) is 7.81. The molecule has 0 aliphatic heterocycles. The van der Waals surface area contributed by atoms with Gasteiger partial charge in [-0.15, -0.1) is 0 Å². The first-order valence-corrected chi connectivity index (χ1v) is 6.99. The van der Waals surface area contributed by atoms with Crippen molar-refractivity contribution in [2.45, 2.75) is 52.3 Å². The molecule has 0 aliphatic carbocycles. The molecule has 0 aliphatic rings. The third-order valence-electron chi connectivity index (χ3n) is 4.37. The van der Waals surface area contributed by atoms with Crippen LogP contribution in [0.1, 0.15) is 53.0 Å². The quantitative estimate of drug-likeness (QED) is 0.613. The van der Waals surface area contributed by atoms with Crippen LogP contribution >= 0.6 is 12.6 Å². The lowest BCUT2D eigenvalue weighted by molar-refractivity contribution is 0.0782. The third-order valence-corrected chi connectivity index (χ3v) is 4.63. The summed E-state index contributed by atoms with van der Waals surface area (Å²) < 4.78 is 0. The summed E-state index contributed by atoms with van der Waals surface area (Å²) in [5, 5.41) is 0. The van der Waals surface area contributed by atoms with E-state index >= 15 is 0 Å². The first-order chi connectivity index (χ1) is 7.98. The average molecular weight is 265 g/mol. The highest BCUT2D eigenvalue weighted by molar-refractivity contribution is 7.81. The van der Waals surface area contributed by atoms with Crippen LogP contribution in [0.2, 0.25) is 0 Å². The van der Waals surface area contributed by atoms with Gasteiger partial charge in [-0.25, -0.2) is 0 Å². The van der Waals surface area contributed by atoms with E-state index in [1.165, 1.54) is 5.56 Å². The molecule has 2 heteroatoms. The van der Waals surface area contributed by atoms with Gasteiger partial charge < -0.3 is 5.73 Å². The fourth-order valence-corrected chi connectivity index (χ4v) is 3.03. The number of hydrogen-bond acceptors (Lipinski definition) is 2. The average Bonchev–Trinajstić information content (AvgIpc) is 2.14. The second-order valence-electron chi connectivity index (χ2n) is 7.04. The maximum Gasteiger partial charge on any atom is 0.0636 e. The maximum atomic E-state index is 6.36. The molecule has 0 radical (unpaired) electrons. The van der Waals surface area contributed by atoms with Crippen LogP contribution in [-0.2, 0) is 0 Å². The lowest BCUT2D eigenvalue weighted by Gasteiger charge is -2.50.